The number of unbranched alkanes of at least 4 members (excludes halogenated alkanes) is 1. The second kappa shape index (κ2) is 8.13. The van der Waals surface area contributed by atoms with E-state index in [9.17, 15) is 4.39 Å². The van der Waals surface area contributed by atoms with E-state index < -0.39 is 0 Å². The molecule has 0 amide bonds. The highest BCUT2D eigenvalue weighted by molar-refractivity contribution is 5.25. The molecule has 0 rings (SSSR count). The van der Waals surface area contributed by atoms with Gasteiger partial charge in [-0.2, -0.15) is 0 Å². The molecule has 0 aliphatic heterocycles. The Labute approximate surface area is 99.3 Å². The Balaban J connectivity index is 4.65. The molecular formula is C15H23F. The van der Waals surface area contributed by atoms with E-state index in [1.165, 1.54) is 12.0 Å². The van der Waals surface area contributed by atoms with Crippen molar-refractivity contribution in [2.75, 3.05) is 0 Å². The molecule has 0 saturated heterocycles. The van der Waals surface area contributed by atoms with Crippen LogP contribution in [0.3, 0.4) is 0 Å². The lowest BCUT2D eigenvalue weighted by atomic mass is 9.94. The molecule has 0 spiro atoms. The van der Waals surface area contributed by atoms with Crippen molar-refractivity contribution in [2.24, 2.45) is 5.92 Å². The smallest absolute Gasteiger partial charge is 0.130 e. The maximum Gasteiger partial charge on any atom is 0.130 e. The third kappa shape index (κ3) is 5.14. The Kier molecular flexibility index (Phi) is 7.58. The highest BCUT2D eigenvalue weighted by Gasteiger charge is 2.07. The van der Waals surface area contributed by atoms with Gasteiger partial charge in [-0.25, -0.2) is 4.39 Å². The van der Waals surface area contributed by atoms with E-state index in [0.29, 0.717) is 5.57 Å². The zero-order chi connectivity index (χ0) is 12.6. The van der Waals surface area contributed by atoms with E-state index in [4.69, 9.17) is 0 Å². The summed E-state index contributed by atoms with van der Waals surface area (Å²) in [7, 11) is 0. The first-order chi connectivity index (χ1) is 7.56. The van der Waals surface area contributed by atoms with Gasteiger partial charge in [0.15, 0.2) is 0 Å². The van der Waals surface area contributed by atoms with E-state index >= 15 is 0 Å². The minimum absolute atomic E-state index is 0.153. The van der Waals surface area contributed by atoms with Gasteiger partial charge in [-0.15, -0.1) is 5.73 Å². The van der Waals surface area contributed by atoms with Crippen LogP contribution in [-0.4, -0.2) is 0 Å². The molecule has 0 radical (unpaired) electrons. The highest BCUT2D eigenvalue weighted by atomic mass is 19.1. The maximum absolute atomic E-state index is 13.6. The predicted molar refractivity (Wildman–Crippen MR) is 70.0 cm³/mol. The van der Waals surface area contributed by atoms with Crippen LogP contribution >= 0.6 is 0 Å². The molecule has 0 aromatic rings. The summed E-state index contributed by atoms with van der Waals surface area (Å²) in [6.45, 7) is 11.3. The fourth-order valence-corrected chi connectivity index (χ4v) is 1.55. The lowest BCUT2D eigenvalue weighted by molar-refractivity contribution is 0.626. The van der Waals surface area contributed by atoms with E-state index in [0.717, 1.165) is 12.8 Å². The van der Waals surface area contributed by atoms with E-state index in [2.05, 4.69) is 25.3 Å². The molecule has 1 heteroatoms. The van der Waals surface area contributed by atoms with Gasteiger partial charge in [0.05, 0.1) is 0 Å². The zero-order valence-corrected chi connectivity index (χ0v) is 10.9. The van der Waals surface area contributed by atoms with Crippen molar-refractivity contribution in [3.63, 3.8) is 0 Å². The van der Waals surface area contributed by atoms with Crippen LogP contribution in [0.25, 0.3) is 0 Å². The largest absolute Gasteiger partial charge is 0.206 e. The van der Waals surface area contributed by atoms with Crippen LogP contribution in [0.4, 0.5) is 4.39 Å². The fraction of sp³-hybridized carbons (Fsp3) is 0.533. The normalized spacial score (nSPS) is 14.6. The SMILES string of the molecule is C=C=C(C)/C(F)=C\C(C)/C(=C\C)CCCC. The van der Waals surface area contributed by atoms with Crippen molar-refractivity contribution in [1.82, 2.24) is 0 Å². The minimum Gasteiger partial charge on any atom is -0.206 e. The van der Waals surface area contributed by atoms with Crippen LogP contribution in [0.15, 0.2) is 41.4 Å². The van der Waals surface area contributed by atoms with Gasteiger partial charge in [-0.05, 0) is 38.7 Å². The van der Waals surface area contributed by atoms with Gasteiger partial charge in [0.2, 0.25) is 0 Å². The lowest BCUT2D eigenvalue weighted by Gasteiger charge is -2.12. The van der Waals surface area contributed by atoms with Gasteiger partial charge in [0.1, 0.15) is 5.83 Å². The number of allylic oxidation sites excluding steroid dienone is 5. The maximum atomic E-state index is 13.6. The third-order valence-corrected chi connectivity index (χ3v) is 2.79. The molecule has 0 N–H and O–H groups in total. The Morgan fingerprint density at radius 2 is 2.12 bits per heavy atom. The molecule has 90 valence electrons. The van der Waals surface area contributed by atoms with Crippen molar-refractivity contribution in [3.8, 4) is 0 Å². The van der Waals surface area contributed by atoms with Crippen LogP contribution in [0, 0.1) is 5.92 Å². The average molecular weight is 222 g/mol. The molecule has 0 aliphatic rings. The molecular weight excluding hydrogens is 199 g/mol. The fourth-order valence-electron chi connectivity index (χ4n) is 1.55. The van der Waals surface area contributed by atoms with E-state index in [1.807, 2.05) is 13.8 Å². The highest BCUT2D eigenvalue weighted by Crippen LogP contribution is 2.22. The van der Waals surface area contributed by atoms with Gasteiger partial charge in [-0.1, -0.05) is 38.5 Å². The molecule has 1 unspecified atom stereocenters. The average Bonchev–Trinajstić information content (AvgIpc) is 2.28. The predicted octanol–water partition coefficient (Wildman–Crippen LogP) is 5.34. The number of hydrogen-bond donors (Lipinski definition) is 0. The quantitative estimate of drug-likeness (QED) is 0.323. The van der Waals surface area contributed by atoms with Crippen LogP contribution in [0.5, 0.6) is 0 Å². The van der Waals surface area contributed by atoms with E-state index in [-0.39, 0.29) is 11.7 Å². The molecule has 0 nitrogen and oxygen atoms in total. The van der Waals surface area contributed by atoms with Gasteiger partial charge < -0.3 is 0 Å². The first-order valence-corrected chi connectivity index (χ1v) is 5.96. The van der Waals surface area contributed by atoms with Crippen LogP contribution in [-0.2, 0) is 0 Å². The summed E-state index contributed by atoms with van der Waals surface area (Å²) >= 11 is 0. The zero-order valence-electron chi connectivity index (χ0n) is 10.9. The Morgan fingerprint density at radius 1 is 1.50 bits per heavy atom. The molecule has 0 bridgehead atoms. The Bertz CT molecular complexity index is 314. The Hall–Kier alpha value is -1.07. The monoisotopic (exact) mass is 222 g/mol. The third-order valence-electron chi connectivity index (χ3n) is 2.79. The second-order valence-electron chi connectivity index (χ2n) is 4.07. The lowest BCUT2D eigenvalue weighted by Crippen LogP contribution is -1.97. The summed E-state index contributed by atoms with van der Waals surface area (Å²) in [5.41, 5.74) is 4.36. The molecule has 0 aromatic carbocycles. The first kappa shape index (κ1) is 14.9. The standard InChI is InChI=1S/C15H23F/c1-6-9-10-14(8-3)13(5)11-15(16)12(4)7-2/h8,11,13H,2,6,9-10H2,1,3-5H3/b14-8-,15-11+. The second-order valence-corrected chi connectivity index (χ2v) is 4.07. The van der Waals surface area contributed by atoms with Gasteiger partial charge in [0.25, 0.3) is 0 Å². The topological polar surface area (TPSA) is 0 Å². The van der Waals surface area contributed by atoms with Crippen LogP contribution < -0.4 is 0 Å². The minimum atomic E-state index is -0.210. The van der Waals surface area contributed by atoms with Crippen LogP contribution in [0.2, 0.25) is 0 Å². The summed E-state index contributed by atoms with van der Waals surface area (Å²) < 4.78 is 13.6. The molecule has 0 heterocycles. The number of hydrogen-bond acceptors (Lipinski definition) is 0. The molecule has 1 atom stereocenters. The molecule has 0 saturated carbocycles. The summed E-state index contributed by atoms with van der Waals surface area (Å²) in [6, 6.07) is 0. The summed E-state index contributed by atoms with van der Waals surface area (Å²) in [5.74, 6) is -0.0572. The Morgan fingerprint density at radius 3 is 2.56 bits per heavy atom. The van der Waals surface area contributed by atoms with Crippen molar-refractivity contribution < 1.29 is 4.39 Å². The summed E-state index contributed by atoms with van der Waals surface area (Å²) in [5, 5.41) is 0. The summed E-state index contributed by atoms with van der Waals surface area (Å²) in [6.07, 6.45) is 7.13. The molecule has 0 fully saturated rings. The van der Waals surface area contributed by atoms with E-state index in [1.54, 1.807) is 13.0 Å². The summed E-state index contributed by atoms with van der Waals surface area (Å²) in [4.78, 5) is 0. The van der Waals surface area contributed by atoms with Gasteiger partial charge in [0, 0.05) is 5.57 Å². The number of halogens is 1. The molecule has 16 heavy (non-hydrogen) atoms. The van der Waals surface area contributed by atoms with Crippen molar-refractivity contribution in [1.29, 1.82) is 0 Å². The molecule has 0 aliphatic carbocycles. The number of rotatable bonds is 6. The van der Waals surface area contributed by atoms with Crippen molar-refractivity contribution in [2.45, 2.75) is 47.0 Å². The molecule has 0 aromatic heterocycles. The first-order valence-electron chi connectivity index (χ1n) is 5.96. The van der Waals surface area contributed by atoms with Crippen molar-refractivity contribution >= 4 is 0 Å². The van der Waals surface area contributed by atoms with Gasteiger partial charge >= 0.3 is 0 Å². The van der Waals surface area contributed by atoms with Crippen molar-refractivity contribution in [3.05, 3.63) is 41.4 Å². The van der Waals surface area contributed by atoms with Gasteiger partial charge in [-0.3, -0.25) is 0 Å². The van der Waals surface area contributed by atoms with Crippen LogP contribution in [0.1, 0.15) is 47.0 Å².